The molecule has 38 heavy (non-hydrogen) atoms. The summed E-state index contributed by atoms with van der Waals surface area (Å²) in [6, 6.07) is 12.2. The van der Waals surface area contributed by atoms with E-state index in [1.54, 1.807) is 42.5 Å². The molecule has 1 aliphatic rings. The minimum Gasteiger partial charge on any atom is -0.474 e. The van der Waals surface area contributed by atoms with Crippen LogP contribution >= 0.6 is 0 Å². The Morgan fingerprint density at radius 2 is 1.37 bits per heavy atom. The lowest BCUT2D eigenvalue weighted by atomic mass is 10.1. The highest BCUT2D eigenvalue weighted by Crippen LogP contribution is 2.33. The molecule has 8 heteroatoms. The van der Waals surface area contributed by atoms with Gasteiger partial charge in [0.1, 0.15) is 0 Å². The van der Waals surface area contributed by atoms with Crippen molar-refractivity contribution in [3.05, 3.63) is 59.2 Å². The number of ether oxygens (including phenoxy) is 2. The molecule has 0 unspecified atom stereocenters. The standard InChI is InChI=1S/C30H40N2O6/c1-2-3-4-5-6-7-8-9-10-11-18-31-28(33)25-15-12-23(13-16-25)20-32(29(34)30(35)36)21-24-14-17-26-27(19-24)38-22-37-26/h12-17,19H,2-11,18,20-22H2,1H3,(H,31,33)(H,35,36). The first kappa shape index (κ1) is 29.0. The van der Waals surface area contributed by atoms with Crippen LogP contribution in [0, 0.1) is 0 Å². The van der Waals surface area contributed by atoms with Crippen molar-refractivity contribution < 1.29 is 29.0 Å². The number of hydrogen-bond donors (Lipinski definition) is 2. The smallest absolute Gasteiger partial charge is 0.394 e. The topological polar surface area (TPSA) is 105 Å². The third-order valence-corrected chi connectivity index (χ3v) is 6.69. The fourth-order valence-electron chi connectivity index (χ4n) is 4.49. The van der Waals surface area contributed by atoms with Gasteiger partial charge in [0.05, 0.1) is 0 Å². The van der Waals surface area contributed by atoms with Gasteiger partial charge >= 0.3 is 11.9 Å². The van der Waals surface area contributed by atoms with E-state index < -0.39 is 11.9 Å². The third kappa shape index (κ3) is 9.39. The molecule has 2 aromatic carbocycles. The molecule has 0 fully saturated rings. The van der Waals surface area contributed by atoms with Crippen LogP contribution in [0.3, 0.4) is 0 Å². The average molecular weight is 525 g/mol. The summed E-state index contributed by atoms with van der Waals surface area (Å²) in [5.74, 6) is -1.47. The summed E-state index contributed by atoms with van der Waals surface area (Å²) in [6.07, 6.45) is 12.5. The Morgan fingerprint density at radius 1 is 0.789 bits per heavy atom. The minimum absolute atomic E-state index is 0.0973. The first-order valence-corrected chi connectivity index (χ1v) is 13.8. The lowest BCUT2D eigenvalue weighted by Gasteiger charge is -2.21. The van der Waals surface area contributed by atoms with Gasteiger partial charge in [0, 0.05) is 25.2 Å². The number of amides is 2. The number of carbonyl (C=O) groups is 3. The van der Waals surface area contributed by atoms with E-state index in [1.165, 1.54) is 56.3 Å². The van der Waals surface area contributed by atoms with Crippen molar-refractivity contribution in [1.29, 1.82) is 0 Å². The Bertz CT molecular complexity index is 1050. The van der Waals surface area contributed by atoms with E-state index in [2.05, 4.69) is 12.2 Å². The molecule has 1 aliphatic heterocycles. The number of nitrogens with one attached hydrogen (secondary N) is 1. The Hall–Kier alpha value is -3.55. The van der Waals surface area contributed by atoms with Crippen LogP contribution in [-0.2, 0) is 22.7 Å². The normalized spacial score (nSPS) is 11.8. The Balaban J connectivity index is 1.42. The van der Waals surface area contributed by atoms with Crippen molar-refractivity contribution in [2.24, 2.45) is 0 Å². The Kier molecular flexibility index (Phi) is 11.9. The summed E-state index contributed by atoms with van der Waals surface area (Å²) in [6.45, 7) is 3.21. The molecule has 0 atom stereocenters. The van der Waals surface area contributed by atoms with Crippen molar-refractivity contribution in [2.75, 3.05) is 13.3 Å². The molecule has 1 heterocycles. The van der Waals surface area contributed by atoms with Crippen LogP contribution in [-0.4, -0.2) is 41.1 Å². The van der Waals surface area contributed by atoms with Crippen molar-refractivity contribution in [2.45, 2.75) is 84.2 Å². The molecule has 0 spiro atoms. The first-order valence-electron chi connectivity index (χ1n) is 13.8. The van der Waals surface area contributed by atoms with Crippen LogP contribution in [0.4, 0.5) is 0 Å². The van der Waals surface area contributed by atoms with E-state index in [-0.39, 0.29) is 25.8 Å². The number of unbranched alkanes of at least 4 members (excludes halogenated alkanes) is 9. The largest absolute Gasteiger partial charge is 0.474 e. The number of carbonyl (C=O) groups excluding carboxylic acids is 2. The van der Waals surface area contributed by atoms with Gasteiger partial charge in [-0.3, -0.25) is 9.59 Å². The van der Waals surface area contributed by atoms with E-state index in [0.29, 0.717) is 23.6 Å². The molecular formula is C30H40N2O6. The molecule has 0 saturated heterocycles. The number of rotatable bonds is 16. The van der Waals surface area contributed by atoms with Gasteiger partial charge in [0.2, 0.25) is 6.79 Å². The van der Waals surface area contributed by atoms with Gasteiger partial charge in [-0.1, -0.05) is 82.9 Å². The van der Waals surface area contributed by atoms with Crippen molar-refractivity contribution in [3.63, 3.8) is 0 Å². The van der Waals surface area contributed by atoms with E-state index in [0.717, 1.165) is 24.0 Å². The number of nitrogens with zero attached hydrogens (tertiary/aromatic N) is 1. The maximum absolute atomic E-state index is 12.5. The molecule has 0 radical (unpaired) electrons. The molecule has 0 bridgehead atoms. The molecule has 2 amide bonds. The maximum atomic E-state index is 12.5. The molecule has 0 aliphatic carbocycles. The highest BCUT2D eigenvalue weighted by atomic mass is 16.7. The summed E-state index contributed by atoms with van der Waals surface area (Å²) in [7, 11) is 0. The van der Waals surface area contributed by atoms with Gasteiger partial charge in [0.25, 0.3) is 5.91 Å². The minimum atomic E-state index is -1.52. The second-order valence-corrected chi connectivity index (χ2v) is 9.79. The molecule has 3 rings (SSSR count). The molecule has 2 aromatic rings. The monoisotopic (exact) mass is 524 g/mol. The zero-order valence-electron chi connectivity index (χ0n) is 22.4. The van der Waals surface area contributed by atoms with Gasteiger partial charge in [-0.05, 0) is 41.8 Å². The molecule has 206 valence electrons. The number of fused-ring (bicyclic) bond motifs is 1. The number of benzene rings is 2. The summed E-state index contributed by atoms with van der Waals surface area (Å²) in [5.41, 5.74) is 1.99. The molecule has 0 saturated carbocycles. The number of hydrogen-bond acceptors (Lipinski definition) is 5. The van der Waals surface area contributed by atoms with Gasteiger partial charge in [-0.25, -0.2) is 4.79 Å². The van der Waals surface area contributed by atoms with Gasteiger partial charge in [-0.15, -0.1) is 0 Å². The fourth-order valence-corrected chi connectivity index (χ4v) is 4.49. The highest BCUT2D eigenvalue weighted by Gasteiger charge is 2.23. The predicted molar refractivity (Wildman–Crippen MR) is 145 cm³/mol. The molecule has 8 nitrogen and oxygen atoms in total. The molecule has 0 aromatic heterocycles. The van der Waals surface area contributed by atoms with Crippen molar-refractivity contribution in [3.8, 4) is 11.5 Å². The number of carboxylic acids is 1. The molecular weight excluding hydrogens is 484 g/mol. The zero-order chi connectivity index (χ0) is 27.2. The SMILES string of the molecule is CCCCCCCCCCCCNC(=O)c1ccc(CN(Cc2ccc3c(c2)OCO3)C(=O)C(=O)O)cc1. The zero-order valence-corrected chi connectivity index (χ0v) is 22.4. The van der Waals surface area contributed by atoms with Crippen LogP contribution in [0.2, 0.25) is 0 Å². The second-order valence-electron chi connectivity index (χ2n) is 9.79. The van der Waals surface area contributed by atoms with Crippen LogP contribution in [0.25, 0.3) is 0 Å². The number of carboxylic acid groups (broad SMARTS) is 1. The summed E-state index contributed by atoms with van der Waals surface area (Å²) in [4.78, 5) is 37.5. The predicted octanol–water partition coefficient (Wildman–Crippen LogP) is 5.68. The van der Waals surface area contributed by atoms with Crippen LogP contribution in [0.15, 0.2) is 42.5 Å². The van der Waals surface area contributed by atoms with Crippen LogP contribution < -0.4 is 14.8 Å². The summed E-state index contributed by atoms with van der Waals surface area (Å²) >= 11 is 0. The number of aliphatic carboxylic acids is 1. The molecule has 2 N–H and O–H groups in total. The van der Waals surface area contributed by atoms with Gasteiger partial charge < -0.3 is 24.8 Å². The van der Waals surface area contributed by atoms with Crippen molar-refractivity contribution >= 4 is 17.8 Å². The van der Waals surface area contributed by atoms with E-state index >= 15 is 0 Å². The third-order valence-electron chi connectivity index (χ3n) is 6.69. The highest BCUT2D eigenvalue weighted by molar-refractivity contribution is 6.31. The van der Waals surface area contributed by atoms with E-state index in [4.69, 9.17) is 9.47 Å². The lowest BCUT2D eigenvalue weighted by molar-refractivity contribution is -0.156. The summed E-state index contributed by atoms with van der Waals surface area (Å²) in [5, 5.41) is 12.3. The van der Waals surface area contributed by atoms with Gasteiger partial charge in [-0.2, -0.15) is 0 Å². The van der Waals surface area contributed by atoms with Crippen molar-refractivity contribution in [1.82, 2.24) is 10.2 Å². The van der Waals surface area contributed by atoms with Gasteiger partial charge in [0.15, 0.2) is 11.5 Å². The first-order chi connectivity index (χ1) is 18.5. The Morgan fingerprint density at radius 3 is 2.03 bits per heavy atom. The van der Waals surface area contributed by atoms with Crippen LogP contribution in [0.5, 0.6) is 11.5 Å². The van der Waals surface area contributed by atoms with E-state index in [1.807, 2.05) is 0 Å². The maximum Gasteiger partial charge on any atom is 0.394 e. The van der Waals surface area contributed by atoms with Crippen LogP contribution in [0.1, 0.15) is 92.6 Å². The van der Waals surface area contributed by atoms with E-state index in [9.17, 15) is 19.5 Å². The lowest BCUT2D eigenvalue weighted by Crippen LogP contribution is -2.35. The quantitative estimate of drug-likeness (QED) is 0.216. The summed E-state index contributed by atoms with van der Waals surface area (Å²) < 4.78 is 10.7. The fraction of sp³-hybridized carbons (Fsp3) is 0.500. The average Bonchev–Trinajstić information content (AvgIpc) is 3.39. The second kappa shape index (κ2) is 15.6. The Labute approximate surface area is 225 Å².